The zero-order chi connectivity index (χ0) is 16.8. The molecule has 0 spiro atoms. The number of rotatable bonds is 8. The van der Waals surface area contributed by atoms with Gasteiger partial charge < -0.3 is 15.8 Å². The summed E-state index contributed by atoms with van der Waals surface area (Å²) in [6, 6.07) is 4.06. The Morgan fingerprint density at radius 3 is 2.68 bits per heavy atom. The van der Waals surface area contributed by atoms with Crippen LogP contribution in [0.3, 0.4) is 0 Å². The van der Waals surface area contributed by atoms with Crippen LogP contribution in [0.25, 0.3) is 0 Å². The first-order chi connectivity index (χ1) is 10.3. The highest BCUT2D eigenvalue weighted by Gasteiger charge is 2.15. The number of amides is 1. The maximum absolute atomic E-state index is 12.0. The fourth-order valence-electron chi connectivity index (χ4n) is 1.68. The van der Waals surface area contributed by atoms with Crippen LogP contribution in [-0.4, -0.2) is 45.7 Å². The molecule has 1 aromatic carbocycles. The molecular weight excluding hydrogens is 326 g/mol. The second-order valence-electron chi connectivity index (χ2n) is 4.67. The van der Waals surface area contributed by atoms with Crippen LogP contribution in [0.15, 0.2) is 18.2 Å². The molecule has 1 rings (SSSR count). The summed E-state index contributed by atoms with van der Waals surface area (Å²) in [6.07, 6.45) is 3.55. The van der Waals surface area contributed by atoms with E-state index in [1.807, 2.05) is 6.26 Å². The first-order valence-electron chi connectivity index (χ1n) is 6.48. The summed E-state index contributed by atoms with van der Waals surface area (Å²) in [6.45, 7) is 0. The molecule has 7 nitrogen and oxygen atoms in total. The fraction of sp³-hybridized carbons (Fsp3) is 0.462. The number of anilines is 2. The van der Waals surface area contributed by atoms with Gasteiger partial charge in [0, 0.05) is 5.69 Å². The van der Waals surface area contributed by atoms with E-state index in [1.165, 1.54) is 13.2 Å². The Balaban J connectivity index is 2.88. The van der Waals surface area contributed by atoms with E-state index < -0.39 is 16.1 Å². The first kappa shape index (κ1) is 18.6. The molecule has 0 fully saturated rings. The normalized spacial score (nSPS) is 12.5. The minimum atomic E-state index is -3.45. The lowest BCUT2D eigenvalue weighted by Crippen LogP contribution is -2.36. The van der Waals surface area contributed by atoms with Crippen molar-refractivity contribution >= 4 is 39.1 Å². The van der Waals surface area contributed by atoms with E-state index in [0.717, 1.165) is 12.0 Å². The molecule has 9 heteroatoms. The predicted octanol–water partition coefficient (Wildman–Crippen LogP) is 1.09. The van der Waals surface area contributed by atoms with Crippen molar-refractivity contribution in [3.63, 3.8) is 0 Å². The summed E-state index contributed by atoms with van der Waals surface area (Å²) >= 11 is 1.61. The van der Waals surface area contributed by atoms with Gasteiger partial charge in [0.1, 0.15) is 5.75 Å². The molecule has 124 valence electrons. The van der Waals surface area contributed by atoms with E-state index in [4.69, 9.17) is 10.5 Å². The second kappa shape index (κ2) is 8.25. The summed E-state index contributed by atoms with van der Waals surface area (Å²) in [4.78, 5) is 12.0. The third-order valence-electron chi connectivity index (χ3n) is 2.73. The minimum absolute atomic E-state index is 0.250. The van der Waals surface area contributed by atoms with Crippen LogP contribution in [0.5, 0.6) is 5.75 Å². The lowest BCUT2D eigenvalue weighted by Gasteiger charge is -2.14. The van der Waals surface area contributed by atoms with Crippen LogP contribution in [-0.2, 0) is 14.8 Å². The van der Waals surface area contributed by atoms with Crippen molar-refractivity contribution in [2.24, 2.45) is 5.73 Å². The van der Waals surface area contributed by atoms with Crippen LogP contribution >= 0.6 is 11.8 Å². The number of hydrogen-bond acceptors (Lipinski definition) is 6. The van der Waals surface area contributed by atoms with Gasteiger partial charge in [0.05, 0.1) is 25.1 Å². The van der Waals surface area contributed by atoms with Crippen molar-refractivity contribution in [1.29, 1.82) is 0 Å². The van der Waals surface area contributed by atoms with Crippen molar-refractivity contribution in [3.8, 4) is 5.75 Å². The average molecular weight is 347 g/mol. The molecule has 0 aromatic heterocycles. The number of hydrogen-bond donors (Lipinski definition) is 3. The summed E-state index contributed by atoms with van der Waals surface area (Å²) in [5.74, 6) is 0.831. The van der Waals surface area contributed by atoms with Gasteiger partial charge in [-0.25, -0.2) is 8.42 Å². The number of nitrogens with two attached hydrogens (primary N) is 1. The van der Waals surface area contributed by atoms with E-state index >= 15 is 0 Å². The van der Waals surface area contributed by atoms with E-state index in [0.29, 0.717) is 17.9 Å². The Morgan fingerprint density at radius 1 is 1.45 bits per heavy atom. The second-order valence-corrected chi connectivity index (χ2v) is 7.40. The number of ether oxygens (including phenoxy) is 1. The van der Waals surface area contributed by atoms with Gasteiger partial charge in [-0.1, -0.05) is 0 Å². The molecular formula is C13H21N3O4S2. The van der Waals surface area contributed by atoms with Crippen LogP contribution in [0.1, 0.15) is 6.42 Å². The molecule has 0 saturated heterocycles. The molecule has 22 heavy (non-hydrogen) atoms. The fourth-order valence-corrected chi connectivity index (χ4v) is 2.72. The Bertz CT molecular complexity index is 620. The molecule has 0 bridgehead atoms. The quantitative estimate of drug-likeness (QED) is 0.649. The lowest BCUT2D eigenvalue weighted by atomic mass is 10.2. The Hall–Kier alpha value is -1.45. The van der Waals surface area contributed by atoms with E-state index in [-0.39, 0.29) is 11.6 Å². The molecule has 1 atom stereocenters. The molecule has 0 radical (unpaired) electrons. The average Bonchev–Trinajstić information content (AvgIpc) is 2.43. The number of methoxy groups -OCH3 is 1. The lowest BCUT2D eigenvalue weighted by molar-refractivity contribution is -0.117. The molecule has 0 aliphatic rings. The van der Waals surface area contributed by atoms with Crippen molar-refractivity contribution < 1.29 is 17.9 Å². The Labute approximate surface area is 135 Å². The highest BCUT2D eigenvalue weighted by Crippen LogP contribution is 2.28. The summed E-state index contributed by atoms with van der Waals surface area (Å²) < 4.78 is 30.1. The van der Waals surface area contributed by atoms with Gasteiger partial charge in [-0.15, -0.1) is 0 Å². The molecule has 0 aliphatic carbocycles. The highest BCUT2D eigenvalue weighted by atomic mass is 32.2. The topological polar surface area (TPSA) is 111 Å². The van der Waals surface area contributed by atoms with Crippen LogP contribution < -0.4 is 20.5 Å². The van der Waals surface area contributed by atoms with E-state index in [1.54, 1.807) is 23.9 Å². The zero-order valence-electron chi connectivity index (χ0n) is 12.8. The summed E-state index contributed by atoms with van der Waals surface area (Å²) in [7, 11) is -2.02. The zero-order valence-corrected chi connectivity index (χ0v) is 14.4. The molecule has 1 amide bonds. The van der Waals surface area contributed by atoms with Gasteiger partial charge in [0.15, 0.2) is 0 Å². The van der Waals surface area contributed by atoms with Gasteiger partial charge in [0.25, 0.3) is 0 Å². The SMILES string of the molecule is COc1ccc(NC(=O)C(N)CCSC)cc1NS(C)(=O)=O. The third-order valence-corrected chi connectivity index (χ3v) is 3.97. The number of nitrogens with one attached hydrogen (secondary N) is 2. The van der Waals surface area contributed by atoms with E-state index in [2.05, 4.69) is 10.0 Å². The van der Waals surface area contributed by atoms with Gasteiger partial charge in [-0.3, -0.25) is 9.52 Å². The molecule has 0 aliphatic heterocycles. The summed E-state index contributed by atoms with van der Waals surface area (Å²) in [5, 5.41) is 2.66. The van der Waals surface area contributed by atoms with Gasteiger partial charge in [-0.05, 0) is 36.6 Å². The highest BCUT2D eigenvalue weighted by molar-refractivity contribution is 7.98. The standard InChI is InChI=1S/C13H21N3O4S2/c1-20-12-5-4-9(8-11(12)16-22(3,18)19)15-13(17)10(14)6-7-21-2/h4-5,8,10,16H,6-7,14H2,1-3H3,(H,15,17). The molecule has 4 N–H and O–H groups in total. The van der Waals surface area contributed by atoms with Crippen molar-refractivity contribution in [1.82, 2.24) is 0 Å². The van der Waals surface area contributed by atoms with Crippen LogP contribution in [0, 0.1) is 0 Å². The third kappa shape index (κ3) is 6.12. The molecule has 1 aromatic rings. The molecule has 0 heterocycles. The molecule has 1 unspecified atom stereocenters. The van der Waals surface area contributed by atoms with Crippen LogP contribution in [0.4, 0.5) is 11.4 Å². The monoisotopic (exact) mass is 347 g/mol. The Morgan fingerprint density at radius 2 is 2.14 bits per heavy atom. The maximum atomic E-state index is 12.0. The Kier molecular flexibility index (Phi) is 6.98. The number of carbonyl (C=O) groups is 1. The van der Waals surface area contributed by atoms with Gasteiger partial charge in [-0.2, -0.15) is 11.8 Å². The van der Waals surface area contributed by atoms with E-state index in [9.17, 15) is 13.2 Å². The van der Waals surface area contributed by atoms with Crippen molar-refractivity contribution in [3.05, 3.63) is 18.2 Å². The smallest absolute Gasteiger partial charge is 0.241 e. The number of sulfonamides is 1. The number of thioether (sulfide) groups is 1. The number of carbonyl (C=O) groups excluding carboxylic acids is 1. The largest absolute Gasteiger partial charge is 0.495 e. The van der Waals surface area contributed by atoms with Gasteiger partial charge in [0.2, 0.25) is 15.9 Å². The van der Waals surface area contributed by atoms with Crippen molar-refractivity contribution in [2.45, 2.75) is 12.5 Å². The first-order valence-corrected chi connectivity index (χ1v) is 9.76. The van der Waals surface area contributed by atoms with Crippen LogP contribution in [0.2, 0.25) is 0 Å². The van der Waals surface area contributed by atoms with Gasteiger partial charge >= 0.3 is 0 Å². The minimum Gasteiger partial charge on any atom is -0.495 e. The molecule has 0 saturated carbocycles. The number of benzene rings is 1. The summed E-state index contributed by atoms with van der Waals surface area (Å²) in [5.41, 5.74) is 6.48. The van der Waals surface area contributed by atoms with Crippen molar-refractivity contribution in [2.75, 3.05) is 35.4 Å². The predicted molar refractivity (Wildman–Crippen MR) is 91.1 cm³/mol. The maximum Gasteiger partial charge on any atom is 0.241 e.